The van der Waals surface area contributed by atoms with Gasteiger partial charge < -0.3 is 9.84 Å². The highest BCUT2D eigenvalue weighted by Gasteiger charge is 2.20. The Morgan fingerprint density at radius 3 is 1.86 bits per heavy atom. The number of unbranched alkanes of at least 4 members (excludes halogenated alkanes) is 1. The van der Waals surface area contributed by atoms with E-state index in [1.54, 1.807) is 0 Å². The molecule has 3 heteroatoms. The second-order valence-electron chi connectivity index (χ2n) is 7.95. The van der Waals surface area contributed by atoms with Crippen LogP contribution in [0.15, 0.2) is 18.2 Å². The summed E-state index contributed by atoms with van der Waals surface area (Å²) in [5, 5.41) is 8.64. The molecule has 0 aliphatic rings. The van der Waals surface area contributed by atoms with Crippen molar-refractivity contribution in [1.82, 2.24) is 0 Å². The van der Waals surface area contributed by atoms with E-state index in [1.165, 1.54) is 11.1 Å². The zero-order chi connectivity index (χ0) is 17.0. The van der Waals surface area contributed by atoms with Crippen molar-refractivity contribution < 1.29 is 14.6 Å². The van der Waals surface area contributed by atoms with Crippen molar-refractivity contribution >= 4 is 5.97 Å². The van der Waals surface area contributed by atoms with Crippen molar-refractivity contribution in [3.05, 3.63) is 29.3 Å². The lowest BCUT2D eigenvalue weighted by Crippen LogP contribution is -2.16. The fourth-order valence-electron chi connectivity index (χ4n) is 2.12. The van der Waals surface area contributed by atoms with Crippen LogP contribution in [0, 0.1) is 0 Å². The molecule has 0 aliphatic heterocycles. The van der Waals surface area contributed by atoms with E-state index in [4.69, 9.17) is 9.84 Å². The number of carboxylic acids is 1. The summed E-state index contributed by atoms with van der Waals surface area (Å²) < 4.78 is 5.87. The molecule has 0 saturated heterocycles. The van der Waals surface area contributed by atoms with Gasteiger partial charge in [-0.1, -0.05) is 47.6 Å². The maximum atomic E-state index is 10.5. The Balaban J connectivity index is 2.83. The van der Waals surface area contributed by atoms with Crippen LogP contribution < -0.4 is 4.74 Å². The fourth-order valence-corrected chi connectivity index (χ4v) is 2.12. The molecule has 0 unspecified atom stereocenters. The van der Waals surface area contributed by atoms with Gasteiger partial charge in [0.25, 0.3) is 0 Å². The highest BCUT2D eigenvalue weighted by Crippen LogP contribution is 2.32. The van der Waals surface area contributed by atoms with E-state index in [1.807, 2.05) is 0 Å². The van der Waals surface area contributed by atoms with Crippen molar-refractivity contribution in [3.8, 4) is 5.75 Å². The summed E-state index contributed by atoms with van der Waals surface area (Å²) in [6, 6.07) is 6.47. The number of ether oxygens (including phenoxy) is 1. The average molecular weight is 306 g/mol. The maximum Gasteiger partial charge on any atom is 0.303 e. The molecular weight excluding hydrogens is 276 g/mol. The van der Waals surface area contributed by atoms with Crippen molar-refractivity contribution in [2.75, 3.05) is 6.61 Å². The molecule has 0 aromatic heterocycles. The van der Waals surface area contributed by atoms with E-state index >= 15 is 0 Å². The summed E-state index contributed by atoms with van der Waals surface area (Å²) in [7, 11) is 0. The molecule has 0 aliphatic carbocycles. The first-order valence-corrected chi connectivity index (χ1v) is 8.01. The quantitative estimate of drug-likeness (QED) is 0.759. The van der Waals surface area contributed by atoms with Gasteiger partial charge in [-0.3, -0.25) is 4.79 Å². The third kappa shape index (κ3) is 6.08. The van der Waals surface area contributed by atoms with Crippen LogP contribution in [0.2, 0.25) is 0 Å². The first-order chi connectivity index (χ1) is 10.00. The minimum atomic E-state index is -0.746. The predicted molar refractivity (Wildman–Crippen MR) is 90.8 cm³/mol. The zero-order valence-electron chi connectivity index (χ0n) is 14.8. The summed E-state index contributed by atoms with van der Waals surface area (Å²) in [4.78, 5) is 10.5. The fraction of sp³-hybridized carbons (Fsp3) is 0.632. The van der Waals surface area contributed by atoms with Gasteiger partial charge in [0.15, 0.2) is 0 Å². The summed E-state index contributed by atoms with van der Waals surface area (Å²) in [5.74, 6) is 0.137. The smallest absolute Gasteiger partial charge is 0.303 e. The molecule has 0 fully saturated rings. The van der Waals surface area contributed by atoms with Gasteiger partial charge in [-0.15, -0.1) is 0 Å². The van der Waals surface area contributed by atoms with Gasteiger partial charge in [0.2, 0.25) is 0 Å². The monoisotopic (exact) mass is 306 g/mol. The molecule has 1 rings (SSSR count). The first kappa shape index (κ1) is 18.5. The van der Waals surface area contributed by atoms with Gasteiger partial charge in [0, 0.05) is 6.42 Å². The molecule has 124 valence electrons. The number of hydrogen-bond acceptors (Lipinski definition) is 2. The van der Waals surface area contributed by atoms with E-state index < -0.39 is 5.97 Å². The predicted octanol–water partition coefficient (Wildman–Crippen LogP) is 4.92. The Hall–Kier alpha value is -1.51. The first-order valence-electron chi connectivity index (χ1n) is 8.01. The molecule has 0 spiro atoms. The van der Waals surface area contributed by atoms with E-state index in [2.05, 4.69) is 59.7 Å². The average Bonchev–Trinajstić information content (AvgIpc) is 2.35. The standard InChI is InChI=1S/C19H30O3/c1-18(2,3)14-11-15(19(4,5)6)13-16(12-14)22-10-8-7-9-17(20)21/h11-13H,7-10H2,1-6H3,(H,20,21). The highest BCUT2D eigenvalue weighted by atomic mass is 16.5. The summed E-state index contributed by atoms with van der Waals surface area (Å²) in [5.41, 5.74) is 2.67. The van der Waals surface area contributed by atoms with Gasteiger partial charge in [0.05, 0.1) is 6.61 Å². The molecule has 0 bridgehead atoms. The number of benzene rings is 1. The van der Waals surface area contributed by atoms with Gasteiger partial charge >= 0.3 is 5.97 Å². The van der Waals surface area contributed by atoms with Crippen LogP contribution in [0.25, 0.3) is 0 Å². The van der Waals surface area contributed by atoms with Crippen LogP contribution in [-0.4, -0.2) is 17.7 Å². The molecule has 1 aromatic carbocycles. The Kier molecular flexibility index (Phi) is 6.04. The molecular formula is C19H30O3. The molecule has 22 heavy (non-hydrogen) atoms. The Labute approximate surface area is 134 Å². The van der Waals surface area contributed by atoms with Crippen molar-refractivity contribution in [1.29, 1.82) is 0 Å². The molecule has 0 amide bonds. The Bertz CT molecular complexity index is 472. The maximum absolute atomic E-state index is 10.5. The third-order valence-electron chi connectivity index (χ3n) is 3.69. The van der Waals surface area contributed by atoms with Gasteiger partial charge in [-0.2, -0.15) is 0 Å². The van der Waals surface area contributed by atoms with Crippen molar-refractivity contribution in [2.24, 2.45) is 0 Å². The highest BCUT2D eigenvalue weighted by molar-refractivity contribution is 5.66. The third-order valence-corrected chi connectivity index (χ3v) is 3.69. The molecule has 3 nitrogen and oxygen atoms in total. The number of carboxylic acid groups (broad SMARTS) is 1. The lowest BCUT2D eigenvalue weighted by molar-refractivity contribution is -0.137. The van der Waals surface area contributed by atoms with Gasteiger partial charge in [-0.05, 0) is 46.9 Å². The molecule has 0 radical (unpaired) electrons. The van der Waals surface area contributed by atoms with Crippen LogP contribution in [0.1, 0.15) is 71.9 Å². The van der Waals surface area contributed by atoms with Crippen LogP contribution in [0.5, 0.6) is 5.75 Å². The van der Waals surface area contributed by atoms with Crippen LogP contribution in [0.3, 0.4) is 0 Å². The van der Waals surface area contributed by atoms with Crippen LogP contribution in [-0.2, 0) is 15.6 Å². The normalized spacial score (nSPS) is 12.3. The molecule has 0 atom stereocenters. The second kappa shape index (κ2) is 7.17. The summed E-state index contributed by atoms with van der Waals surface area (Å²) >= 11 is 0. The topological polar surface area (TPSA) is 46.5 Å². The lowest BCUT2D eigenvalue weighted by atomic mass is 9.80. The summed E-state index contributed by atoms with van der Waals surface area (Å²) in [6.07, 6.45) is 1.62. The minimum absolute atomic E-state index is 0.0721. The minimum Gasteiger partial charge on any atom is -0.494 e. The SMILES string of the molecule is CC(C)(C)c1cc(OCCCCC(=O)O)cc(C(C)(C)C)c1. The van der Waals surface area contributed by atoms with Crippen molar-refractivity contribution in [2.45, 2.75) is 71.6 Å². The number of rotatable bonds is 6. The Morgan fingerprint density at radius 2 is 1.45 bits per heavy atom. The lowest BCUT2D eigenvalue weighted by Gasteiger charge is -2.26. The molecule has 1 N–H and O–H groups in total. The largest absolute Gasteiger partial charge is 0.494 e. The van der Waals surface area contributed by atoms with Crippen molar-refractivity contribution in [3.63, 3.8) is 0 Å². The van der Waals surface area contributed by atoms with E-state index in [9.17, 15) is 4.79 Å². The van der Waals surface area contributed by atoms with Crippen LogP contribution in [0.4, 0.5) is 0 Å². The van der Waals surface area contributed by atoms with Gasteiger partial charge in [0.1, 0.15) is 5.75 Å². The van der Waals surface area contributed by atoms with Crippen LogP contribution >= 0.6 is 0 Å². The molecule has 0 heterocycles. The van der Waals surface area contributed by atoms with E-state index in [0.717, 1.165) is 12.2 Å². The molecule has 1 aromatic rings. The Morgan fingerprint density at radius 1 is 0.955 bits per heavy atom. The molecule has 0 saturated carbocycles. The zero-order valence-corrected chi connectivity index (χ0v) is 14.8. The second-order valence-corrected chi connectivity index (χ2v) is 7.95. The van der Waals surface area contributed by atoms with E-state index in [-0.39, 0.29) is 17.3 Å². The number of aliphatic carboxylic acids is 1. The van der Waals surface area contributed by atoms with Gasteiger partial charge in [-0.25, -0.2) is 0 Å². The van der Waals surface area contributed by atoms with E-state index in [0.29, 0.717) is 13.0 Å². The summed E-state index contributed by atoms with van der Waals surface area (Å²) in [6.45, 7) is 13.8. The number of carbonyl (C=O) groups is 1. The number of hydrogen-bond donors (Lipinski definition) is 1.